The van der Waals surface area contributed by atoms with Crippen LogP contribution < -0.4 is 5.73 Å². The second kappa shape index (κ2) is 4.35. The van der Waals surface area contributed by atoms with Crippen molar-refractivity contribution in [1.29, 1.82) is 0 Å². The van der Waals surface area contributed by atoms with Gasteiger partial charge < -0.3 is 5.73 Å². The van der Waals surface area contributed by atoms with E-state index in [0.29, 0.717) is 4.47 Å². The number of hydrogen-bond donors (Lipinski definition) is 1. The van der Waals surface area contributed by atoms with E-state index in [4.69, 9.17) is 5.73 Å². The summed E-state index contributed by atoms with van der Waals surface area (Å²) in [6, 6.07) is 1.94. The van der Waals surface area contributed by atoms with Crippen LogP contribution in [0.3, 0.4) is 0 Å². The second-order valence-electron chi connectivity index (χ2n) is 2.25. The van der Waals surface area contributed by atoms with Gasteiger partial charge >= 0.3 is 0 Å². The van der Waals surface area contributed by atoms with E-state index in [1.54, 1.807) is 0 Å². The molecule has 0 saturated carbocycles. The Morgan fingerprint density at radius 1 is 1.38 bits per heavy atom. The molecule has 0 heterocycles. The highest BCUT2D eigenvalue weighted by Crippen LogP contribution is 2.20. The van der Waals surface area contributed by atoms with E-state index in [1.165, 1.54) is 0 Å². The van der Waals surface area contributed by atoms with E-state index < -0.39 is 11.6 Å². The quantitative estimate of drug-likeness (QED) is 0.696. The molecule has 0 aromatic heterocycles. The Morgan fingerprint density at radius 3 is 2.62 bits per heavy atom. The summed E-state index contributed by atoms with van der Waals surface area (Å²) in [6.07, 6.45) is 0. The van der Waals surface area contributed by atoms with Crippen molar-refractivity contribution in [2.24, 2.45) is 5.73 Å². The molecule has 0 amide bonds. The van der Waals surface area contributed by atoms with Crippen molar-refractivity contribution in [3.63, 3.8) is 0 Å². The van der Waals surface area contributed by atoms with Crippen molar-refractivity contribution in [2.75, 3.05) is 6.54 Å². The van der Waals surface area contributed by atoms with Gasteiger partial charge in [0.1, 0.15) is 11.6 Å². The number of nitrogens with two attached hydrogens (primary N) is 1. The van der Waals surface area contributed by atoms with E-state index >= 15 is 0 Å². The molecule has 0 fully saturated rings. The molecule has 1 rings (SSSR count). The van der Waals surface area contributed by atoms with Crippen LogP contribution in [0.4, 0.5) is 8.78 Å². The van der Waals surface area contributed by atoms with Gasteiger partial charge in [-0.3, -0.25) is 0 Å². The lowest BCUT2D eigenvalue weighted by atomic mass is 10.2. The maximum Gasteiger partial charge on any atom is 0.142 e. The molecule has 0 saturated heterocycles. The van der Waals surface area contributed by atoms with Crippen molar-refractivity contribution in [3.8, 4) is 11.8 Å². The summed E-state index contributed by atoms with van der Waals surface area (Å²) >= 11 is 3.00. The van der Waals surface area contributed by atoms with Crippen molar-refractivity contribution < 1.29 is 8.78 Å². The Labute approximate surface area is 83.1 Å². The smallest absolute Gasteiger partial charge is 0.142 e. The Balaban J connectivity index is 3.21. The molecule has 2 N–H and O–H groups in total. The number of rotatable bonds is 0. The molecule has 1 aromatic carbocycles. The maximum atomic E-state index is 13.0. The van der Waals surface area contributed by atoms with Crippen molar-refractivity contribution in [1.82, 2.24) is 0 Å². The third-order valence-corrected chi connectivity index (χ3v) is 1.95. The monoisotopic (exact) mass is 245 g/mol. The molecule has 1 aromatic rings. The average molecular weight is 246 g/mol. The molecule has 1 nitrogen and oxygen atoms in total. The molecule has 0 aliphatic carbocycles. The van der Waals surface area contributed by atoms with Gasteiger partial charge in [0.15, 0.2) is 0 Å². The lowest BCUT2D eigenvalue weighted by molar-refractivity contribution is 0.579. The molecule has 13 heavy (non-hydrogen) atoms. The Bertz CT molecular complexity index is 356. The number of halogens is 3. The van der Waals surface area contributed by atoms with E-state index in [2.05, 4.69) is 27.8 Å². The van der Waals surface area contributed by atoms with E-state index in [0.717, 1.165) is 12.1 Å². The molecule has 0 unspecified atom stereocenters. The Hall–Kier alpha value is -0.920. The Kier molecular flexibility index (Phi) is 3.40. The first kappa shape index (κ1) is 10.2. The molecule has 0 spiro atoms. The molecular formula is C9H6BrF2N. The van der Waals surface area contributed by atoms with E-state index in [-0.39, 0.29) is 12.1 Å². The van der Waals surface area contributed by atoms with Crippen molar-refractivity contribution in [3.05, 3.63) is 33.8 Å². The highest BCUT2D eigenvalue weighted by molar-refractivity contribution is 9.10. The summed E-state index contributed by atoms with van der Waals surface area (Å²) in [5.74, 6) is 3.67. The minimum Gasteiger partial charge on any atom is -0.320 e. The van der Waals surface area contributed by atoms with Gasteiger partial charge in [0.25, 0.3) is 0 Å². The minimum absolute atomic E-state index is 0.131. The lowest BCUT2D eigenvalue weighted by Gasteiger charge is -1.98. The number of hydrogen-bond acceptors (Lipinski definition) is 1. The zero-order valence-corrected chi connectivity index (χ0v) is 8.16. The molecular weight excluding hydrogens is 240 g/mol. The van der Waals surface area contributed by atoms with E-state index in [1.807, 2.05) is 0 Å². The van der Waals surface area contributed by atoms with Crippen LogP contribution in [-0.4, -0.2) is 6.54 Å². The third kappa shape index (κ3) is 2.51. The van der Waals surface area contributed by atoms with Crippen LogP contribution >= 0.6 is 15.9 Å². The molecule has 0 radical (unpaired) electrons. The van der Waals surface area contributed by atoms with Crippen molar-refractivity contribution >= 4 is 15.9 Å². The normalized spacial score (nSPS) is 9.23. The molecule has 0 aliphatic rings. The zero-order chi connectivity index (χ0) is 9.84. The largest absolute Gasteiger partial charge is 0.320 e. The van der Waals surface area contributed by atoms with Crippen LogP contribution in [0.25, 0.3) is 0 Å². The first-order chi connectivity index (χ1) is 6.15. The van der Waals surface area contributed by atoms with Crippen LogP contribution in [-0.2, 0) is 0 Å². The number of benzene rings is 1. The lowest BCUT2D eigenvalue weighted by Crippen LogP contribution is -1.94. The predicted octanol–water partition coefficient (Wildman–Crippen LogP) is 2.04. The fourth-order valence-corrected chi connectivity index (χ4v) is 1.31. The van der Waals surface area contributed by atoms with Crippen LogP contribution in [0.15, 0.2) is 16.6 Å². The van der Waals surface area contributed by atoms with Crippen LogP contribution in [0.5, 0.6) is 0 Å². The molecule has 68 valence electrons. The average Bonchev–Trinajstić information content (AvgIpc) is 2.02. The van der Waals surface area contributed by atoms with Crippen molar-refractivity contribution in [2.45, 2.75) is 0 Å². The molecule has 4 heteroatoms. The summed E-state index contributed by atoms with van der Waals surface area (Å²) in [4.78, 5) is 0. The summed E-state index contributed by atoms with van der Waals surface area (Å²) < 4.78 is 25.9. The zero-order valence-electron chi connectivity index (χ0n) is 6.57. The highest BCUT2D eigenvalue weighted by Gasteiger charge is 2.06. The van der Waals surface area contributed by atoms with Gasteiger partial charge in [-0.05, 0) is 22.0 Å². The SMILES string of the molecule is NCC#Cc1c(F)cc(F)cc1Br. The van der Waals surface area contributed by atoms with Gasteiger partial charge in [0, 0.05) is 10.5 Å². The highest BCUT2D eigenvalue weighted by atomic mass is 79.9. The van der Waals surface area contributed by atoms with Crippen LogP contribution in [0.1, 0.15) is 5.56 Å². The predicted molar refractivity (Wildman–Crippen MR) is 50.0 cm³/mol. The summed E-state index contributed by atoms with van der Waals surface area (Å²) in [6.45, 7) is 0.142. The van der Waals surface area contributed by atoms with Gasteiger partial charge in [-0.25, -0.2) is 8.78 Å². The molecule has 0 atom stereocenters. The van der Waals surface area contributed by atoms with Gasteiger partial charge in [0.2, 0.25) is 0 Å². The van der Waals surface area contributed by atoms with Gasteiger partial charge in [-0.1, -0.05) is 11.8 Å². The molecule has 0 aliphatic heterocycles. The first-order valence-electron chi connectivity index (χ1n) is 3.48. The van der Waals surface area contributed by atoms with Gasteiger partial charge in [-0.2, -0.15) is 0 Å². The first-order valence-corrected chi connectivity index (χ1v) is 4.28. The molecule has 0 bridgehead atoms. The van der Waals surface area contributed by atoms with Gasteiger partial charge in [0.05, 0.1) is 12.1 Å². The summed E-state index contributed by atoms with van der Waals surface area (Å²) in [5.41, 5.74) is 5.25. The minimum atomic E-state index is -0.687. The topological polar surface area (TPSA) is 26.0 Å². The van der Waals surface area contributed by atoms with Crippen LogP contribution in [0.2, 0.25) is 0 Å². The summed E-state index contributed by atoms with van der Waals surface area (Å²) in [5, 5.41) is 0. The fourth-order valence-electron chi connectivity index (χ4n) is 0.801. The second-order valence-corrected chi connectivity index (χ2v) is 3.10. The van der Waals surface area contributed by atoms with Gasteiger partial charge in [-0.15, -0.1) is 0 Å². The van der Waals surface area contributed by atoms with Crippen LogP contribution in [0, 0.1) is 23.5 Å². The fraction of sp³-hybridized carbons (Fsp3) is 0.111. The Morgan fingerprint density at radius 2 is 2.08 bits per heavy atom. The summed E-state index contributed by atoms with van der Waals surface area (Å²) in [7, 11) is 0. The third-order valence-electron chi connectivity index (χ3n) is 1.32. The maximum absolute atomic E-state index is 13.0. The van der Waals surface area contributed by atoms with E-state index in [9.17, 15) is 8.78 Å². The standard InChI is InChI=1S/C9H6BrF2N/c10-8-4-6(11)5-9(12)7(8)2-1-3-13/h4-5H,3,13H2.